The first-order valence-electron chi connectivity index (χ1n) is 9.59. The van der Waals surface area contributed by atoms with Crippen molar-refractivity contribution in [3.8, 4) is 23.0 Å². The maximum absolute atomic E-state index is 12.5. The van der Waals surface area contributed by atoms with Gasteiger partial charge in [0.1, 0.15) is 6.33 Å². The molecule has 0 unspecified atom stereocenters. The van der Waals surface area contributed by atoms with Crippen LogP contribution in [0.4, 0.5) is 5.69 Å². The Labute approximate surface area is 171 Å². The lowest BCUT2D eigenvalue weighted by Crippen LogP contribution is -2.20. The zero-order valence-electron chi connectivity index (χ0n) is 17.7. The van der Waals surface area contributed by atoms with Gasteiger partial charge in [0.2, 0.25) is 11.5 Å². The molecule has 0 aliphatic heterocycles. The van der Waals surface area contributed by atoms with Gasteiger partial charge in [0.05, 0.1) is 27.0 Å². The van der Waals surface area contributed by atoms with E-state index in [0.29, 0.717) is 11.5 Å². The molecule has 0 N–H and O–H groups in total. The topological polar surface area (TPSA) is 83.0 Å². The molecule has 0 amide bonds. The fourth-order valence-corrected chi connectivity index (χ4v) is 2.98. The number of carbonyl (C=O) groups excluding carboxylic acids is 1. The summed E-state index contributed by atoms with van der Waals surface area (Å²) in [7, 11) is 6.53. The van der Waals surface area contributed by atoms with E-state index < -0.39 is 5.97 Å². The Morgan fingerprint density at radius 1 is 1.03 bits per heavy atom. The molecule has 0 spiro atoms. The molecule has 1 heterocycles. The number of nitrogens with zero attached hydrogens (tertiary/aromatic N) is 3. The number of aromatic nitrogens is 2. The van der Waals surface area contributed by atoms with Gasteiger partial charge in [-0.3, -0.25) is 0 Å². The quantitative estimate of drug-likeness (QED) is 0.319. The smallest absolute Gasteiger partial charge is 0.362 e. The Morgan fingerprint density at radius 2 is 1.76 bits per heavy atom. The zero-order valence-corrected chi connectivity index (χ0v) is 17.7. The van der Waals surface area contributed by atoms with E-state index in [2.05, 4.69) is 21.8 Å². The average Bonchev–Trinajstić information content (AvgIpc) is 2.76. The van der Waals surface area contributed by atoms with Crippen LogP contribution in [0.15, 0.2) is 24.7 Å². The summed E-state index contributed by atoms with van der Waals surface area (Å²) in [6, 6.07) is 3.20. The Bertz CT molecular complexity index is 799. The highest BCUT2D eigenvalue weighted by Gasteiger charge is 2.25. The van der Waals surface area contributed by atoms with Gasteiger partial charge in [-0.2, -0.15) is 0 Å². The summed E-state index contributed by atoms with van der Waals surface area (Å²) in [5.41, 5.74) is 0.887. The third-order valence-corrected chi connectivity index (χ3v) is 4.50. The molecule has 29 heavy (non-hydrogen) atoms. The summed E-state index contributed by atoms with van der Waals surface area (Å²) in [6.07, 6.45) is 7.32. The first-order chi connectivity index (χ1) is 14.1. The number of methoxy groups -OCH3 is 3. The molecule has 1 aromatic heterocycles. The van der Waals surface area contributed by atoms with Gasteiger partial charge in [-0.1, -0.05) is 26.2 Å². The van der Waals surface area contributed by atoms with E-state index in [4.69, 9.17) is 18.9 Å². The molecule has 8 heteroatoms. The van der Waals surface area contributed by atoms with Crippen molar-refractivity contribution in [1.29, 1.82) is 0 Å². The van der Waals surface area contributed by atoms with E-state index in [1.807, 2.05) is 7.05 Å². The second-order valence-corrected chi connectivity index (χ2v) is 6.46. The highest BCUT2D eigenvalue weighted by atomic mass is 16.6. The van der Waals surface area contributed by atoms with Crippen LogP contribution < -0.4 is 23.8 Å². The molecule has 0 fully saturated rings. The minimum atomic E-state index is -0.616. The van der Waals surface area contributed by atoms with Gasteiger partial charge in [-0.05, 0) is 12.5 Å². The molecular formula is C21H29N3O5. The first-order valence-corrected chi connectivity index (χ1v) is 9.59. The Hall–Kier alpha value is -3.03. The van der Waals surface area contributed by atoms with Crippen molar-refractivity contribution in [3.05, 3.63) is 30.4 Å². The lowest BCUT2D eigenvalue weighted by atomic mass is 10.1. The van der Waals surface area contributed by atoms with Crippen molar-refractivity contribution >= 4 is 11.7 Å². The number of benzene rings is 1. The monoisotopic (exact) mass is 403 g/mol. The second kappa shape index (κ2) is 11.1. The number of hydrogen-bond donors (Lipinski definition) is 0. The van der Waals surface area contributed by atoms with Gasteiger partial charge in [0.15, 0.2) is 17.2 Å². The van der Waals surface area contributed by atoms with Gasteiger partial charge in [-0.15, -0.1) is 0 Å². The van der Waals surface area contributed by atoms with E-state index in [1.165, 1.54) is 45.7 Å². The third kappa shape index (κ3) is 5.49. The van der Waals surface area contributed by atoms with E-state index in [1.54, 1.807) is 13.2 Å². The molecule has 0 radical (unpaired) electrons. The van der Waals surface area contributed by atoms with Gasteiger partial charge >= 0.3 is 5.97 Å². The zero-order chi connectivity index (χ0) is 21.2. The number of anilines is 1. The maximum atomic E-state index is 12.5. The molecule has 8 nitrogen and oxygen atoms in total. The van der Waals surface area contributed by atoms with Crippen LogP contribution in [0.1, 0.15) is 43.1 Å². The highest BCUT2D eigenvalue weighted by Crippen LogP contribution is 2.50. The SMILES string of the molecule is CCCCCCN(C)c1cc(OC(=O)c2ccncn2)c(OC)c(OC)c1OC. The molecule has 0 aliphatic rings. The van der Waals surface area contributed by atoms with Gasteiger partial charge in [-0.25, -0.2) is 14.8 Å². The van der Waals surface area contributed by atoms with Crippen molar-refractivity contribution in [2.24, 2.45) is 0 Å². The van der Waals surface area contributed by atoms with Crippen LogP contribution in [0.25, 0.3) is 0 Å². The van der Waals surface area contributed by atoms with Crippen molar-refractivity contribution in [3.63, 3.8) is 0 Å². The Morgan fingerprint density at radius 3 is 2.34 bits per heavy atom. The lowest BCUT2D eigenvalue weighted by Gasteiger charge is -2.25. The predicted molar refractivity (Wildman–Crippen MR) is 111 cm³/mol. The standard InChI is InChI=1S/C21H29N3O5/c1-6-7-8-9-12-24(2)16-13-17(19(27-4)20(28-5)18(16)26-3)29-21(25)15-10-11-22-14-23-15/h10-11,13-14H,6-9,12H2,1-5H3. The van der Waals surface area contributed by atoms with Crippen molar-refractivity contribution in [2.75, 3.05) is 39.8 Å². The number of rotatable bonds is 11. The second-order valence-electron chi connectivity index (χ2n) is 6.46. The molecule has 2 rings (SSSR count). The number of ether oxygens (including phenoxy) is 4. The van der Waals surface area contributed by atoms with E-state index in [-0.39, 0.29) is 17.2 Å². The van der Waals surface area contributed by atoms with E-state index in [0.717, 1.165) is 25.1 Å². The number of unbranched alkanes of at least 4 members (excludes halogenated alkanes) is 3. The molecule has 1 aromatic carbocycles. The van der Waals surface area contributed by atoms with Crippen LogP contribution in [-0.2, 0) is 0 Å². The molecule has 0 saturated carbocycles. The Kier molecular flexibility index (Phi) is 8.51. The highest BCUT2D eigenvalue weighted by molar-refractivity contribution is 5.90. The maximum Gasteiger partial charge on any atom is 0.362 e. The molecule has 0 bridgehead atoms. The summed E-state index contributed by atoms with van der Waals surface area (Å²) < 4.78 is 22.2. The molecule has 0 atom stereocenters. The summed E-state index contributed by atoms with van der Waals surface area (Å²) in [6.45, 7) is 3.00. The Balaban J connectivity index is 2.40. The average molecular weight is 403 g/mol. The summed E-state index contributed by atoms with van der Waals surface area (Å²) >= 11 is 0. The summed E-state index contributed by atoms with van der Waals surface area (Å²) in [5, 5.41) is 0. The molecule has 158 valence electrons. The van der Waals surface area contributed by atoms with Crippen LogP contribution in [-0.4, -0.2) is 50.9 Å². The van der Waals surface area contributed by atoms with Crippen LogP contribution >= 0.6 is 0 Å². The third-order valence-electron chi connectivity index (χ3n) is 4.50. The molecule has 0 aliphatic carbocycles. The van der Waals surface area contributed by atoms with Gasteiger partial charge in [0, 0.05) is 25.9 Å². The number of carbonyl (C=O) groups is 1. The fourth-order valence-electron chi connectivity index (χ4n) is 2.98. The normalized spacial score (nSPS) is 10.4. The molecule has 0 saturated heterocycles. The van der Waals surface area contributed by atoms with Crippen molar-refractivity contribution in [1.82, 2.24) is 9.97 Å². The minimum Gasteiger partial charge on any atom is -0.491 e. The van der Waals surface area contributed by atoms with E-state index in [9.17, 15) is 4.79 Å². The minimum absolute atomic E-state index is 0.145. The van der Waals surface area contributed by atoms with Crippen molar-refractivity contribution < 1.29 is 23.7 Å². The van der Waals surface area contributed by atoms with Crippen LogP contribution in [0.3, 0.4) is 0 Å². The lowest BCUT2D eigenvalue weighted by molar-refractivity contribution is 0.0722. The van der Waals surface area contributed by atoms with Crippen LogP contribution in [0, 0.1) is 0 Å². The van der Waals surface area contributed by atoms with Crippen LogP contribution in [0.2, 0.25) is 0 Å². The van der Waals surface area contributed by atoms with Crippen molar-refractivity contribution in [2.45, 2.75) is 32.6 Å². The van der Waals surface area contributed by atoms with Gasteiger partial charge in [0.25, 0.3) is 0 Å². The molecule has 2 aromatic rings. The first kappa shape index (κ1) is 22.3. The predicted octanol–water partition coefficient (Wildman–Crippen LogP) is 3.74. The number of hydrogen-bond acceptors (Lipinski definition) is 8. The summed E-state index contributed by atoms with van der Waals surface area (Å²) in [4.78, 5) is 22.3. The molecular weight excluding hydrogens is 374 g/mol. The van der Waals surface area contributed by atoms with E-state index >= 15 is 0 Å². The largest absolute Gasteiger partial charge is 0.491 e. The summed E-state index contributed by atoms with van der Waals surface area (Å²) in [5.74, 6) is 0.760. The van der Waals surface area contributed by atoms with Gasteiger partial charge < -0.3 is 23.8 Å². The fraction of sp³-hybridized carbons (Fsp3) is 0.476. The number of esters is 1. The van der Waals surface area contributed by atoms with Crippen LogP contribution in [0.5, 0.6) is 23.0 Å².